The van der Waals surface area contributed by atoms with Crippen LogP contribution in [0.4, 0.5) is 0 Å². The Balaban J connectivity index is 1.35. The minimum absolute atomic E-state index is 0.0806. The summed E-state index contributed by atoms with van der Waals surface area (Å²) in [5.74, 6) is 1.84. The molecule has 0 aliphatic carbocycles. The number of hydrogen-bond acceptors (Lipinski definition) is 4. The van der Waals surface area contributed by atoms with Gasteiger partial charge in [-0.3, -0.25) is 4.79 Å². The zero-order valence-corrected chi connectivity index (χ0v) is 13.6. The number of nitrogens with zero attached hydrogens (tertiary/aromatic N) is 1. The largest absolute Gasteiger partial charge is 0.493 e. The zero-order chi connectivity index (χ0) is 17.1. The maximum absolute atomic E-state index is 12.3. The number of nitrogens with one attached hydrogen (secondary N) is 1. The first kappa shape index (κ1) is 15.4. The Morgan fingerprint density at radius 2 is 2.00 bits per heavy atom. The summed E-state index contributed by atoms with van der Waals surface area (Å²) in [6.45, 7) is 1.22. The van der Waals surface area contributed by atoms with Gasteiger partial charge in [0.2, 0.25) is 0 Å². The van der Waals surface area contributed by atoms with Crippen molar-refractivity contribution in [1.82, 2.24) is 10.3 Å². The minimum atomic E-state index is -0.0806. The van der Waals surface area contributed by atoms with E-state index in [2.05, 4.69) is 16.4 Å². The number of fused-ring (bicyclic) bond motifs is 1. The molecule has 2 aromatic carbocycles. The number of oxazole rings is 1. The summed E-state index contributed by atoms with van der Waals surface area (Å²) < 4.78 is 11.0. The summed E-state index contributed by atoms with van der Waals surface area (Å²) in [6, 6.07) is 15.3. The van der Waals surface area contributed by atoms with Crippen LogP contribution in [0.5, 0.6) is 5.75 Å². The van der Waals surface area contributed by atoms with E-state index >= 15 is 0 Å². The molecule has 0 bridgehead atoms. The highest BCUT2D eigenvalue weighted by atomic mass is 16.5. The quantitative estimate of drug-likeness (QED) is 0.795. The van der Waals surface area contributed by atoms with Gasteiger partial charge in [-0.05, 0) is 30.2 Å². The fraction of sp³-hybridized carbons (Fsp3) is 0.200. The fourth-order valence-corrected chi connectivity index (χ4v) is 3.01. The number of benzene rings is 2. The Hall–Kier alpha value is -3.08. The molecule has 0 saturated carbocycles. The predicted molar refractivity (Wildman–Crippen MR) is 93.4 cm³/mol. The highest BCUT2D eigenvalue weighted by Gasteiger charge is 2.20. The Morgan fingerprint density at radius 3 is 2.80 bits per heavy atom. The van der Waals surface area contributed by atoms with Gasteiger partial charge in [-0.25, -0.2) is 4.98 Å². The molecule has 0 spiro atoms. The van der Waals surface area contributed by atoms with Crippen molar-refractivity contribution in [2.45, 2.75) is 6.42 Å². The molecule has 5 heteroatoms. The molecule has 1 aromatic heterocycles. The lowest BCUT2D eigenvalue weighted by Gasteiger charge is -2.25. The third-order valence-electron chi connectivity index (χ3n) is 4.37. The van der Waals surface area contributed by atoms with Gasteiger partial charge in [0, 0.05) is 23.6 Å². The molecular formula is C20H18N2O3. The molecule has 25 heavy (non-hydrogen) atoms. The first-order chi connectivity index (χ1) is 12.3. The lowest BCUT2D eigenvalue weighted by molar-refractivity contribution is 0.0939. The van der Waals surface area contributed by atoms with Crippen LogP contribution in [0.1, 0.15) is 15.9 Å². The van der Waals surface area contributed by atoms with E-state index in [0.717, 1.165) is 17.7 Å². The van der Waals surface area contributed by atoms with Crippen LogP contribution in [0.15, 0.2) is 65.5 Å². The third kappa shape index (κ3) is 3.40. The monoisotopic (exact) mass is 334 g/mol. The predicted octanol–water partition coefficient (Wildman–Crippen LogP) is 3.32. The van der Waals surface area contributed by atoms with E-state index < -0.39 is 0 Å². The van der Waals surface area contributed by atoms with E-state index in [1.54, 1.807) is 18.3 Å². The summed E-state index contributed by atoms with van der Waals surface area (Å²) in [4.78, 5) is 16.2. The van der Waals surface area contributed by atoms with E-state index in [1.165, 1.54) is 12.0 Å². The van der Waals surface area contributed by atoms with Gasteiger partial charge in [0.15, 0.2) is 12.2 Å². The van der Waals surface area contributed by atoms with Crippen LogP contribution >= 0.6 is 0 Å². The number of rotatable bonds is 4. The molecule has 1 unspecified atom stereocenters. The molecule has 1 aliphatic rings. The first-order valence-electron chi connectivity index (χ1n) is 8.27. The third-order valence-corrected chi connectivity index (χ3v) is 4.37. The fourth-order valence-electron chi connectivity index (χ4n) is 3.01. The number of para-hydroxylation sites is 1. The number of hydrogen-bond donors (Lipinski definition) is 1. The summed E-state index contributed by atoms with van der Waals surface area (Å²) in [5, 5.41) is 3.00. The standard InChI is InChI=1S/C20H18N2O3/c23-20(16-7-5-15(6-8-16)19-11-21-13-25-19)22-10-14-9-17-3-1-2-4-18(17)24-12-14/h1-8,11,13-14H,9-10,12H2,(H,22,23). The Morgan fingerprint density at radius 1 is 1.16 bits per heavy atom. The normalized spacial score (nSPS) is 15.9. The van der Waals surface area contributed by atoms with Gasteiger partial charge in [-0.15, -0.1) is 0 Å². The molecular weight excluding hydrogens is 316 g/mol. The minimum Gasteiger partial charge on any atom is -0.493 e. The summed E-state index contributed by atoms with van der Waals surface area (Å²) >= 11 is 0. The molecule has 1 aliphatic heterocycles. The number of carbonyl (C=O) groups is 1. The van der Waals surface area contributed by atoms with E-state index in [-0.39, 0.29) is 11.8 Å². The molecule has 1 N–H and O–H groups in total. The molecule has 0 radical (unpaired) electrons. The number of ether oxygens (including phenoxy) is 1. The molecule has 4 rings (SSSR count). The average molecular weight is 334 g/mol. The smallest absolute Gasteiger partial charge is 0.251 e. The van der Waals surface area contributed by atoms with Crippen molar-refractivity contribution in [3.63, 3.8) is 0 Å². The van der Waals surface area contributed by atoms with Crippen LogP contribution in [0.25, 0.3) is 11.3 Å². The van der Waals surface area contributed by atoms with Gasteiger partial charge >= 0.3 is 0 Å². The van der Waals surface area contributed by atoms with Crippen molar-refractivity contribution in [2.24, 2.45) is 5.92 Å². The Labute approximate surface area is 145 Å². The molecule has 0 saturated heterocycles. The lowest BCUT2D eigenvalue weighted by Crippen LogP contribution is -2.34. The molecule has 1 amide bonds. The Kier molecular flexibility index (Phi) is 4.21. The van der Waals surface area contributed by atoms with Gasteiger partial charge in [-0.1, -0.05) is 30.3 Å². The van der Waals surface area contributed by atoms with Gasteiger partial charge in [0.05, 0.1) is 12.8 Å². The Bertz CT molecular complexity index is 857. The number of carbonyl (C=O) groups excluding carboxylic acids is 1. The second-order valence-corrected chi connectivity index (χ2v) is 6.14. The molecule has 126 valence electrons. The van der Waals surface area contributed by atoms with E-state index in [1.807, 2.05) is 30.3 Å². The van der Waals surface area contributed by atoms with Crippen LogP contribution in [0.3, 0.4) is 0 Å². The topological polar surface area (TPSA) is 64.4 Å². The SMILES string of the molecule is O=C(NCC1COc2ccccc2C1)c1ccc(-c2cnco2)cc1. The highest BCUT2D eigenvalue weighted by molar-refractivity contribution is 5.94. The van der Waals surface area contributed by atoms with Crippen molar-refractivity contribution in [3.05, 3.63) is 72.2 Å². The van der Waals surface area contributed by atoms with E-state index in [4.69, 9.17) is 9.15 Å². The van der Waals surface area contributed by atoms with Gasteiger partial charge in [0.1, 0.15) is 5.75 Å². The maximum Gasteiger partial charge on any atom is 0.251 e. The van der Waals surface area contributed by atoms with Crippen molar-refractivity contribution < 1.29 is 13.9 Å². The van der Waals surface area contributed by atoms with Crippen molar-refractivity contribution in [1.29, 1.82) is 0 Å². The average Bonchev–Trinajstić information content (AvgIpc) is 3.21. The zero-order valence-electron chi connectivity index (χ0n) is 13.6. The molecule has 3 aromatic rings. The van der Waals surface area contributed by atoms with Crippen LogP contribution in [-0.2, 0) is 6.42 Å². The van der Waals surface area contributed by atoms with Gasteiger partial charge in [-0.2, -0.15) is 0 Å². The van der Waals surface area contributed by atoms with Crippen molar-refractivity contribution >= 4 is 5.91 Å². The summed E-state index contributed by atoms with van der Waals surface area (Å²) in [6.07, 6.45) is 3.96. The second-order valence-electron chi connectivity index (χ2n) is 6.14. The van der Waals surface area contributed by atoms with Crippen LogP contribution in [0.2, 0.25) is 0 Å². The molecule has 1 atom stereocenters. The molecule has 5 nitrogen and oxygen atoms in total. The molecule has 2 heterocycles. The number of aromatic nitrogens is 1. The number of amides is 1. The lowest BCUT2D eigenvalue weighted by atomic mass is 9.96. The first-order valence-corrected chi connectivity index (χ1v) is 8.27. The maximum atomic E-state index is 12.3. The van der Waals surface area contributed by atoms with Gasteiger partial charge < -0.3 is 14.5 Å². The second kappa shape index (κ2) is 6.81. The summed E-state index contributed by atoms with van der Waals surface area (Å²) in [7, 11) is 0. The van der Waals surface area contributed by atoms with Crippen LogP contribution in [0, 0.1) is 5.92 Å². The molecule has 0 fully saturated rings. The van der Waals surface area contributed by atoms with E-state index in [9.17, 15) is 4.79 Å². The summed E-state index contributed by atoms with van der Waals surface area (Å²) in [5.41, 5.74) is 2.72. The van der Waals surface area contributed by atoms with Gasteiger partial charge in [0.25, 0.3) is 5.91 Å². The van der Waals surface area contributed by atoms with E-state index in [0.29, 0.717) is 24.5 Å². The van der Waals surface area contributed by atoms with Crippen molar-refractivity contribution in [3.8, 4) is 17.1 Å². The van der Waals surface area contributed by atoms with Crippen molar-refractivity contribution in [2.75, 3.05) is 13.2 Å². The highest BCUT2D eigenvalue weighted by Crippen LogP contribution is 2.26. The van der Waals surface area contributed by atoms with Crippen LogP contribution in [-0.4, -0.2) is 24.0 Å². The van der Waals surface area contributed by atoms with Crippen LogP contribution < -0.4 is 10.1 Å².